The van der Waals surface area contributed by atoms with E-state index >= 15 is 0 Å². The van der Waals surface area contributed by atoms with Crippen molar-refractivity contribution in [1.29, 1.82) is 0 Å². The van der Waals surface area contributed by atoms with Gasteiger partial charge in [-0.2, -0.15) is 4.57 Å². The van der Waals surface area contributed by atoms with E-state index in [-0.39, 0.29) is 12.4 Å². The molecule has 86 valence electrons. The van der Waals surface area contributed by atoms with Gasteiger partial charge in [0.1, 0.15) is 0 Å². The number of hydrogen-bond donors (Lipinski definition) is 0. The van der Waals surface area contributed by atoms with Gasteiger partial charge in [0, 0.05) is 31.9 Å². The molecule has 0 fully saturated rings. The molecule has 0 unspecified atom stereocenters. The number of pyridine rings is 1. The van der Waals surface area contributed by atoms with E-state index in [9.17, 15) is 0 Å². The fourth-order valence-electron chi connectivity index (χ4n) is 1.15. The Morgan fingerprint density at radius 2 is 1.87 bits per heavy atom. The summed E-state index contributed by atoms with van der Waals surface area (Å²) in [4.78, 5) is 2.08. The molecule has 0 bridgehead atoms. The van der Waals surface area contributed by atoms with Crippen LogP contribution in [0.5, 0.6) is 0 Å². The summed E-state index contributed by atoms with van der Waals surface area (Å²) in [5.74, 6) is 0. The molecule has 0 N–H and O–H groups in total. The van der Waals surface area contributed by atoms with Gasteiger partial charge in [0.15, 0.2) is 12.4 Å². The molecule has 4 heteroatoms. The van der Waals surface area contributed by atoms with Gasteiger partial charge in [-0.05, 0) is 6.42 Å². The van der Waals surface area contributed by atoms with E-state index in [0.29, 0.717) is 6.73 Å². The molecule has 0 saturated carbocycles. The average molecular weight is 231 g/mol. The SMILES string of the molecule is CCCOC[n+]1ccc(N(C)C)cc1.[Cl-]. The van der Waals surface area contributed by atoms with E-state index in [4.69, 9.17) is 4.74 Å². The molecule has 1 aromatic heterocycles. The molecule has 0 aliphatic carbocycles. The first-order chi connectivity index (χ1) is 6.74. The molecule has 0 spiro atoms. The van der Waals surface area contributed by atoms with Crippen LogP contribution < -0.4 is 21.9 Å². The number of ether oxygens (including phenoxy) is 1. The maximum Gasteiger partial charge on any atom is 0.252 e. The van der Waals surface area contributed by atoms with Crippen molar-refractivity contribution in [2.24, 2.45) is 0 Å². The van der Waals surface area contributed by atoms with E-state index in [1.807, 2.05) is 31.1 Å². The first-order valence-electron chi connectivity index (χ1n) is 4.98. The molecule has 0 saturated heterocycles. The summed E-state index contributed by atoms with van der Waals surface area (Å²) < 4.78 is 7.45. The summed E-state index contributed by atoms with van der Waals surface area (Å²) in [7, 11) is 4.07. The van der Waals surface area contributed by atoms with Gasteiger partial charge in [-0.15, -0.1) is 0 Å². The molecule has 1 rings (SSSR count). The van der Waals surface area contributed by atoms with Gasteiger partial charge in [0.05, 0.1) is 6.61 Å². The van der Waals surface area contributed by atoms with Crippen LogP contribution in [0.1, 0.15) is 13.3 Å². The minimum absolute atomic E-state index is 0. The van der Waals surface area contributed by atoms with Crippen LogP contribution in [0.25, 0.3) is 0 Å². The van der Waals surface area contributed by atoms with Crippen molar-refractivity contribution in [2.75, 3.05) is 25.6 Å². The van der Waals surface area contributed by atoms with Crippen LogP contribution in [-0.2, 0) is 11.5 Å². The largest absolute Gasteiger partial charge is 1.00 e. The lowest BCUT2D eigenvalue weighted by molar-refractivity contribution is -0.732. The van der Waals surface area contributed by atoms with Gasteiger partial charge in [0.25, 0.3) is 6.73 Å². The third-order valence-electron chi connectivity index (χ3n) is 1.98. The van der Waals surface area contributed by atoms with Gasteiger partial charge in [-0.1, -0.05) is 6.92 Å². The second-order valence-corrected chi connectivity index (χ2v) is 3.50. The van der Waals surface area contributed by atoms with E-state index in [1.165, 1.54) is 5.69 Å². The summed E-state index contributed by atoms with van der Waals surface area (Å²) >= 11 is 0. The van der Waals surface area contributed by atoms with Gasteiger partial charge in [-0.25, -0.2) is 0 Å². The normalized spacial score (nSPS) is 9.53. The summed E-state index contributed by atoms with van der Waals surface area (Å²) in [6.07, 6.45) is 5.13. The summed E-state index contributed by atoms with van der Waals surface area (Å²) in [5.41, 5.74) is 1.21. The van der Waals surface area contributed by atoms with Crippen molar-refractivity contribution in [3.63, 3.8) is 0 Å². The molecule has 0 aromatic carbocycles. The highest BCUT2D eigenvalue weighted by Crippen LogP contribution is 2.05. The molecule has 15 heavy (non-hydrogen) atoms. The lowest BCUT2D eigenvalue weighted by Crippen LogP contribution is -3.00. The van der Waals surface area contributed by atoms with Crippen LogP contribution in [-0.4, -0.2) is 20.7 Å². The predicted octanol–water partition coefficient (Wildman–Crippen LogP) is -1.57. The smallest absolute Gasteiger partial charge is 0.252 e. The number of halogens is 1. The molecular formula is C11H19ClN2O. The van der Waals surface area contributed by atoms with E-state index in [2.05, 4.69) is 24.0 Å². The fraction of sp³-hybridized carbons (Fsp3) is 0.545. The van der Waals surface area contributed by atoms with Crippen LogP contribution in [0, 0.1) is 0 Å². The van der Waals surface area contributed by atoms with Crippen molar-refractivity contribution in [3.05, 3.63) is 24.5 Å². The maximum atomic E-state index is 5.42. The van der Waals surface area contributed by atoms with Crippen molar-refractivity contribution in [2.45, 2.75) is 20.1 Å². The van der Waals surface area contributed by atoms with Crippen molar-refractivity contribution in [1.82, 2.24) is 0 Å². The summed E-state index contributed by atoms with van der Waals surface area (Å²) in [6, 6.07) is 4.16. The second-order valence-electron chi connectivity index (χ2n) is 3.50. The molecule has 1 aromatic rings. The Balaban J connectivity index is 0.00000196. The Morgan fingerprint density at radius 1 is 1.27 bits per heavy atom. The van der Waals surface area contributed by atoms with Crippen molar-refractivity contribution >= 4 is 5.69 Å². The number of hydrogen-bond acceptors (Lipinski definition) is 2. The maximum absolute atomic E-state index is 5.42. The third kappa shape index (κ3) is 5.00. The Kier molecular flexibility index (Phi) is 7.09. The molecule has 3 nitrogen and oxygen atoms in total. The van der Waals surface area contributed by atoms with Crippen LogP contribution in [0.15, 0.2) is 24.5 Å². The summed E-state index contributed by atoms with van der Waals surface area (Å²) in [5, 5.41) is 0. The standard InChI is InChI=1S/C11H19N2O.ClH/c1-4-9-14-10-13-7-5-11(6-8-13)12(2)3;/h5-8H,4,9-10H2,1-3H3;1H/q+1;/p-1. The monoisotopic (exact) mass is 230 g/mol. The number of nitrogens with zero attached hydrogens (tertiary/aromatic N) is 2. The Hall–Kier alpha value is -0.800. The highest BCUT2D eigenvalue weighted by atomic mass is 35.5. The number of rotatable bonds is 5. The highest BCUT2D eigenvalue weighted by molar-refractivity contribution is 5.41. The van der Waals surface area contributed by atoms with E-state index < -0.39 is 0 Å². The first kappa shape index (κ1) is 14.2. The van der Waals surface area contributed by atoms with E-state index in [0.717, 1.165) is 13.0 Å². The lowest BCUT2D eigenvalue weighted by Gasteiger charge is -2.10. The molecular weight excluding hydrogens is 212 g/mol. The van der Waals surface area contributed by atoms with Gasteiger partial charge >= 0.3 is 0 Å². The van der Waals surface area contributed by atoms with Gasteiger partial charge in [-0.3, -0.25) is 0 Å². The van der Waals surface area contributed by atoms with Crippen LogP contribution in [0.2, 0.25) is 0 Å². The Labute approximate surface area is 98.1 Å². The Bertz CT molecular complexity index is 262. The topological polar surface area (TPSA) is 16.4 Å². The summed E-state index contributed by atoms with van der Waals surface area (Å²) in [6.45, 7) is 3.57. The van der Waals surface area contributed by atoms with Crippen molar-refractivity contribution < 1.29 is 21.7 Å². The molecule has 0 atom stereocenters. The average Bonchev–Trinajstić information content (AvgIpc) is 2.19. The predicted molar refractivity (Wildman–Crippen MR) is 57.2 cm³/mol. The minimum atomic E-state index is 0. The zero-order valence-corrected chi connectivity index (χ0v) is 10.4. The zero-order chi connectivity index (χ0) is 10.4. The third-order valence-corrected chi connectivity index (χ3v) is 1.98. The molecule has 0 aliphatic heterocycles. The zero-order valence-electron chi connectivity index (χ0n) is 9.61. The second kappa shape index (κ2) is 7.49. The van der Waals surface area contributed by atoms with Gasteiger partial charge < -0.3 is 22.0 Å². The molecule has 1 heterocycles. The number of anilines is 1. The van der Waals surface area contributed by atoms with Crippen LogP contribution in [0.4, 0.5) is 5.69 Å². The highest BCUT2D eigenvalue weighted by Gasteiger charge is 2.00. The van der Waals surface area contributed by atoms with Crippen molar-refractivity contribution in [3.8, 4) is 0 Å². The van der Waals surface area contributed by atoms with Gasteiger partial charge in [0.2, 0.25) is 0 Å². The molecule has 0 aliphatic rings. The van der Waals surface area contributed by atoms with E-state index in [1.54, 1.807) is 0 Å². The van der Waals surface area contributed by atoms with Crippen LogP contribution >= 0.6 is 0 Å². The first-order valence-corrected chi connectivity index (χ1v) is 4.98. The minimum Gasteiger partial charge on any atom is -1.00 e. The quantitative estimate of drug-likeness (QED) is 0.449. The number of aromatic nitrogens is 1. The lowest BCUT2D eigenvalue weighted by atomic mass is 10.4. The Morgan fingerprint density at radius 3 is 2.33 bits per heavy atom. The fourth-order valence-corrected chi connectivity index (χ4v) is 1.15. The molecule has 0 radical (unpaired) electrons. The van der Waals surface area contributed by atoms with Crippen LogP contribution in [0.3, 0.4) is 0 Å². The molecule has 0 amide bonds.